The maximum Gasteiger partial charge on any atom is 0.384 e. The van der Waals surface area contributed by atoms with Crippen LogP contribution in [0, 0.1) is 0 Å². The normalized spacial score (nSPS) is 10.6. The minimum Gasteiger partial charge on any atom is -0.330 e. The summed E-state index contributed by atoms with van der Waals surface area (Å²) in [5.74, 6) is 0.425. The summed E-state index contributed by atoms with van der Waals surface area (Å²) in [7, 11) is 0. The molecule has 0 spiro atoms. The second-order valence-corrected chi connectivity index (χ2v) is 6.07. The van der Waals surface area contributed by atoms with Crippen LogP contribution in [-0.2, 0) is 4.57 Å². The largest absolute Gasteiger partial charge is 0.384 e. The average Bonchev–Trinajstić information content (AvgIpc) is 2.13. The van der Waals surface area contributed by atoms with Crippen LogP contribution in [0.1, 0.15) is 6.42 Å². The molecule has 6 nitrogen and oxygen atoms in total. The van der Waals surface area contributed by atoms with E-state index in [2.05, 4.69) is 23.3 Å². The molecule has 0 rings (SSSR count). The molecule has 0 aromatic heterocycles. The molecule has 0 saturated heterocycles. The minimum absolute atomic E-state index is 0.425. The Bertz CT molecular complexity index is 157. The van der Waals surface area contributed by atoms with E-state index in [9.17, 15) is 4.57 Å². The Morgan fingerprint density at radius 3 is 2.36 bits per heavy atom. The van der Waals surface area contributed by atoms with Gasteiger partial charge in [0.15, 0.2) is 0 Å². The van der Waals surface area contributed by atoms with Gasteiger partial charge < -0.3 is 20.8 Å². The van der Waals surface area contributed by atoms with E-state index in [1.54, 1.807) is 0 Å². The van der Waals surface area contributed by atoms with Gasteiger partial charge in [0, 0.05) is 12.3 Å². The van der Waals surface area contributed by atoms with Crippen LogP contribution in [0.5, 0.6) is 0 Å². The van der Waals surface area contributed by atoms with E-state index in [0.29, 0.717) is 30.2 Å². The van der Waals surface area contributed by atoms with E-state index < -0.39 is 6.80 Å². The zero-order chi connectivity index (χ0) is 11.4. The second-order valence-electron chi connectivity index (χ2n) is 2.22. The van der Waals surface area contributed by atoms with Crippen molar-refractivity contribution in [2.45, 2.75) is 6.42 Å². The highest BCUT2D eigenvalue weighted by Gasteiger charge is 2.11. The fourth-order valence-electron chi connectivity index (χ4n) is 0.589. The maximum atomic E-state index is 10.3. The molecule has 0 atom stereocenters. The predicted octanol–water partition coefficient (Wildman–Crippen LogP) is -0.459. The molecule has 0 aliphatic heterocycles. The first-order valence-corrected chi connectivity index (χ1v) is 7.65. The van der Waals surface area contributed by atoms with Crippen molar-refractivity contribution < 1.29 is 14.4 Å². The molecule has 0 aliphatic rings. The number of nitrogens with two attached hydrogens (primary N) is 2. The van der Waals surface area contributed by atoms with Crippen LogP contribution in [0.3, 0.4) is 0 Å². The van der Waals surface area contributed by atoms with E-state index in [1.165, 1.54) is 0 Å². The average molecular weight is 263 g/mol. The lowest BCUT2D eigenvalue weighted by molar-refractivity contribution is 0.397. The molecular weight excluding hydrogens is 245 g/mol. The van der Waals surface area contributed by atoms with Crippen molar-refractivity contribution in [2.24, 2.45) is 10.9 Å². The van der Waals surface area contributed by atoms with Crippen molar-refractivity contribution in [1.29, 1.82) is 0 Å². The number of hydrogen-bond acceptors (Lipinski definition) is 6. The maximum absolute atomic E-state index is 10.3. The summed E-state index contributed by atoms with van der Waals surface area (Å²) >= 11 is 3.69. The fourth-order valence-corrected chi connectivity index (χ4v) is 2.05. The Balaban J connectivity index is 0. The third-order valence-electron chi connectivity index (χ3n) is 1.10. The Labute approximate surface area is 93.6 Å². The molecule has 9 heteroatoms. The van der Waals surface area contributed by atoms with Gasteiger partial charge in [-0.1, -0.05) is 0 Å². The molecular formula is C5H18N3O3PS2. The van der Waals surface area contributed by atoms with E-state index in [-0.39, 0.29) is 0 Å². The molecule has 0 aliphatic carbocycles. The van der Waals surface area contributed by atoms with Crippen LogP contribution in [0.15, 0.2) is 0 Å². The van der Waals surface area contributed by atoms with Crippen molar-refractivity contribution in [1.82, 2.24) is 5.32 Å². The minimum atomic E-state index is -3.87. The van der Waals surface area contributed by atoms with Crippen molar-refractivity contribution in [3.05, 3.63) is 0 Å². The lowest BCUT2D eigenvalue weighted by Gasteiger charge is -2.04. The van der Waals surface area contributed by atoms with Crippen LogP contribution in [-0.4, -0.2) is 35.2 Å². The third kappa shape index (κ3) is 18.5. The molecule has 0 aromatic carbocycles. The molecule has 0 radical (unpaired) electrons. The van der Waals surface area contributed by atoms with Gasteiger partial charge in [0.2, 0.25) is 0 Å². The van der Waals surface area contributed by atoms with Gasteiger partial charge in [0.25, 0.3) is 0 Å². The summed E-state index contributed by atoms with van der Waals surface area (Å²) in [6.45, 7) is -1.82. The molecule has 0 bridgehead atoms. The Morgan fingerprint density at radius 2 is 1.93 bits per heavy atom. The standard InChI is InChI=1S/C5H15N2O3PS.H3NS/c6-2-1-3-7-4-5-12-11(8,9)10;1-2/h7H,1-6H2,(H2,8,9,10);2H,1H2. The van der Waals surface area contributed by atoms with Crippen LogP contribution >= 0.6 is 31.0 Å². The number of thiol groups is 1. The Kier molecular flexibility index (Phi) is 14.4. The molecule has 0 unspecified atom stereocenters. The van der Waals surface area contributed by atoms with Gasteiger partial charge in [-0.25, -0.2) is 4.57 Å². The van der Waals surface area contributed by atoms with E-state index in [1.807, 2.05) is 0 Å². The zero-order valence-electron chi connectivity index (χ0n) is 7.80. The number of hydrogen-bond donors (Lipinski definition) is 6. The Morgan fingerprint density at radius 1 is 1.36 bits per heavy atom. The lowest BCUT2D eigenvalue weighted by Crippen LogP contribution is -2.20. The number of rotatable bonds is 7. The third-order valence-corrected chi connectivity index (χ3v) is 3.38. The fraction of sp³-hybridized carbons (Fsp3) is 1.00. The molecule has 0 saturated carbocycles. The highest BCUT2D eigenvalue weighted by molar-refractivity contribution is 8.54. The zero-order valence-corrected chi connectivity index (χ0v) is 10.4. The molecule has 0 heterocycles. The topological polar surface area (TPSA) is 122 Å². The predicted molar refractivity (Wildman–Crippen MR) is 64.2 cm³/mol. The van der Waals surface area contributed by atoms with Crippen LogP contribution in [0.25, 0.3) is 0 Å². The molecule has 0 aromatic rings. The summed E-state index contributed by atoms with van der Waals surface area (Å²) in [4.78, 5) is 16.9. The van der Waals surface area contributed by atoms with Gasteiger partial charge in [-0.3, -0.25) is 5.14 Å². The molecule has 14 heavy (non-hydrogen) atoms. The van der Waals surface area contributed by atoms with Crippen molar-refractivity contribution in [2.75, 3.05) is 25.4 Å². The molecule has 7 N–H and O–H groups in total. The summed E-state index contributed by atoms with van der Waals surface area (Å²) in [5, 5.41) is 7.21. The van der Waals surface area contributed by atoms with Crippen molar-refractivity contribution in [3.8, 4) is 0 Å². The highest BCUT2D eigenvalue weighted by Crippen LogP contribution is 2.49. The van der Waals surface area contributed by atoms with Gasteiger partial charge in [0.1, 0.15) is 0 Å². The summed E-state index contributed by atoms with van der Waals surface area (Å²) < 4.78 is 10.3. The van der Waals surface area contributed by atoms with Gasteiger partial charge in [-0.05, 0) is 30.9 Å². The first-order chi connectivity index (χ1) is 6.56. The van der Waals surface area contributed by atoms with Crippen LogP contribution in [0.2, 0.25) is 0 Å². The first-order valence-electron chi connectivity index (χ1n) is 3.93. The highest BCUT2D eigenvalue weighted by atomic mass is 32.7. The first kappa shape index (κ1) is 17.1. The molecule has 0 fully saturated rings. The van der Waals surface area contributed by atoms with E-state index >= 15 is 0 Å². The van der Waals surface area contributed by atoms with Crippen LogP contribution < -0.4 is 16.2 Å². The van der Waals surface area contributed by atoms with E-state index in [0.717, 1.165) is 13.0 Å². The SMILES string of the molecule is NCCCNCCSP(=O)(O)O.NS. The molecule has 0 amide bonds. The van der Waals surface area contributed by atoms with Crippen LogP contribution in [0.4, 0.5) is 0 Å². The second kappa shape index (κ2) is 11.8. The summed E-state index contributed by atoms with van der Waals surface area (Å²) in [5.41, 5.74) is 5.24. The summed E-state index contributed by atoms with van der Waals surface area (Å²) in [6, 6.07) is 0. The van der Waals surface area contributed by atoms with Gasteiger partial charge in [-0.2, -0.15) is 0 Å². The van der Waals surface area contributed by atoms with E-state index in [4.69, 9.17) is 15.5 Å². The number of nitrogens with one attached hydrogen (secondary N) is 1. The molecule has 88 valence electrons. The van der Waals surface area contributed by atoms with Crippen molar-refractivity contribution >= 4 is 31.0 Å². The van der Waals surface area contributed by atoms with Gasteiger partial charge in [-0.15, -0.1) is 12.8 Å². The monoisotopic (exact) mass is 263 g/mol. The van der Waals surface area contributed by atoms with Gasteiger partial charge in [0.05, 0.1) is 0 Å². The van der Waals surface area contributed by atoms with Crippen molar-refractivity contribution in [3.63, 3.8) is 0 Å². The van der Waals surface area contributed by atoms with Gasteiger partial charge >= 0.3 is 6.80 Å². The Hall–Kier alpha value is 0.730. The smallest absolute Gasteiger partial charge is 0.330 e. The summed E-state index contributed by atoms with van der Waals surface area (Å²) in [6.07, 6.45) is 0.889. The lowest BCUT2D eigenvalue weighted by atomic mass is 10.4. The quantitative estimate of drug-likeness (QED) is 0.209.